The van der Waals surface area contributed by atoms with Gasteiger partial charge in [0.15, 0.2) is 0 Å². The maximum atomic E-state index is 15.4. The molecule has 12 heteroatoms. The molecule has 0 unspecified atom stereocenters. The zero-order chi connectivity index (χ0) is 22.8. The molecule has 1 atom stereocenters. The number of hydrogen-bond acceptors (Lipinski definition) is 9. The lowest BCUT2D eigenvalue weighted by Crippen LogP contribution is -2.52. The molecule has 4 rings (SSSR count). The van der Waals surface area contributed by atoms with Crippen LogP contribution in [0, 0.1) is 5.82 Å². The molecule has 32 heavy (non-hydrogen) atoms. The van der Waals surface area contributed by atoms with Crippen molar-refractivity contribution in [3.05, 3.63) is 18.2 Å². The summed E-state index contributed by atoms with van der Waals surface area (Å²) in [7, 11) is 3.31. The molecule has 2 aliphatic rings. The summed E-state index contributed by atoms with van der Waals surface area (Å²) in [6.45, 7) is 3.61. The van der Waals surface area contributed by atoms with E-state index in [0.717, 1.165) is 0 Å². The van der Waals surface area contributed by atoms with Gasteiger partial charge in [0.1, 0.15) is 11.8 Å². The number of ether oxygens (including phenoxy) is 2. The van der Waals surface area contributed by atoms with Crippen LogP contribution in [0.5, 0.6) is 5.88 Å². The lowest BCUT2D eigenvalue weighted by molar-refractivity contribution is 0.0380. The number of nitrogen functional groups attached to an aromatic ring is 1. The van der Waals surface area contributed by atoms with Gasteiger partial charge in [-0.05, 0) is 6.92 Å². The third-order valence-corrected chi connectivity index (χ3v) is 5.81. The lowest BCUT2D eigenvalue weighted by atomic mass is 9.88. The fourth-order valence-electron chi connectivity index (χ4n) is 3.75. The average Bonchev–Trinajstić information content (AvgIpc) is 2.77. The van der Waals surface area contributed by atoms with Crippen molar-refractivity contribution in [2.24, 2.45) is 0 Å². The Morgan fingerprint density at radius 2 is 2.06 bits per heavy atom. The maximum Gasteiger partial charge on any atom is 0.317 e. The highest BCUT2D eigenvalue weighted by Crippen LogP contribution is 2.34. The van der Waals surface area contributed by atoms with E-state index in [1.165, 1.54) is 12.4 Å². The van der Waals surface area contributed by atoms with Gasteiger partial charge in [-0.25, -0.2) is 19.7 Å². The van der Waals surface area contributed by atoms with Crippen LogP contribution < -0.4 is 20.7 Å². The molecule has 0 radical (unpaired) electrons. The number of urea groups is 1. The molecule has 0 aromatic carbocycles. The van der Waals surface area contributed by atoms with Gasteiger partial charge in [0.05, 0.1) is 19.3 Å². The van der Waals surface area contributed by atoms with Gasteiger partial charge in [0.25, 0.3) is 5.88 Å². The number of anilines is 2. The van der Waals surface area contributed by atoms with Gasteiger partial charge >= 0.3 is 6.03 Å². The quantitative estimate of drug-likeness (QED) is 0.692. The molecule has 2 aromatic rings. The summed E-state index contributed by atoms with van der Waals surface area (Å²) in [6.07, 6.45) is 3.74. The normalized spacial score (nSPS) is 22.8. The van der Waals surface area contributed by atoms with Gasteiger partial charge in [0.2, 0.25) is 17.7 Å². The van der Waals surface area contributed by atoms with E-state index < -0.39 is 5.82 Å². The minimum absolute atomic E-state index is 0.0202. The van der Waals surface area contributed by atoms with Gasteiger partial charge < -0.3 is 30.3 Å². The number of carbonyl (C=O) groups is 1. The Labute approximate surface area is 185 Å². The fourth-order valence-corrected chi connectivity index (χ4v) is 3.75. The van der Waals surface area contributed by atoms with E-state index >= 15 is 4.39 Å². The minimum atomic E-state index is -0.689. The van der Waals surface area contributed by atoms with Gasteiger partial charge in [-0.15, -0.1) is 0 Å². The van der Waals surface area contributed by atoms with Gasteiger partial charge in [-0.1, -0.05) is 0 Å². The van der Waals surface area contributed by atoms with Crippen molar-refractivity contribution in [2.75, 3.05) is 44.5 Å². The van der Waals surface area contributed by atoms with Crippen LogP contribution in [0.25, 0.3) is 11.3 Å². The van der Waals surface area contributed by atoms with Crippen molar-refractivity contribution in [3.8, 4) is 17.1 Å². The van der Waals surface area contributed by atoms with Crippen molar-refractivity contribution in [1.82, 2.24) is 30.2 Å². The highest BCUT2D eigenvalue weighted by Gasteiger charge is 2.37. The number of halogens is 1. The second kappa shape index (κ2) is 9.07. The number of aromatic nitrogens is 4. The SMILES string of the molecule is CNC(=O)N(C)C1CC(Oc2nc(N3CCOC[C@@H]3C)nc(-c3cnc(N)nc3)c2F)C1. The van der Waals surface area contributed by atoms with Gasteiger partial charge in [-0.2, -0.15) is 9.37 Å². The Kier molecular flexibility index (Phi) is 6.21. The topological polar surface area (TPSA) is 132 Å². The number of nitrogens with two attached hydrogens (primary N) is 1. The van der Waals surface area contributed by atoms with E-state index in [1.807, 2.05) is 11.8 Å². The standard InChI is InChI=1S/C20H27FN8O3/c1-11-10-31-5-4-29(11)19-26-16(12-8-24-18(22)25-9-12)15(21)17(27-19)32-14-6-13(7-14)28(3)20(30)23-2/h8-9,11,13-14H,4-7,10H2,1-3H3,(H,23,30)(H2,22,24,25)/t11-,13?,14?/m0/s1. The first-order chi connectivity index (χ1) is 15.4. The first-order valence-electron chi connectivity index (χ1n) is 10.5. The summed E-state index contributed by atoms with van der Waals surface area (Å²) >= 11 is 0. The number of carbonyl (C=O) groups excluding carboxylic acids is 1. The van der Waals surface area contributed by atoms with E-state index in [4.69, 9.17) is 15.2 Å². The van der Waals surface area contributed by atoms with Crippen LogP contribution in [0.3, 0.4) is 0 Å². The molecule has 11 nitrogen and oxygen atoms in total. The first-order valence-corrected chi connectivity index (χ1v) is 10.5. The maximum absolute atomic E-state index is 15.4. The predicted molar refractivity (Wildman–Crippen MR) is 115 cm³/mol. The van der Waals surface area contributed by atoms with E-state index in [0.29, 0.717) is 44.1 Å². The molecule has 2 amide bonds. The van der Waals surface area contributed by atoms with Crippen LogP contribution in [-0.4, -0.2) is 82.9 Å². The van der Waals surface area contributed by atoms with Gasteiger partial charge in [0, 0.05) is 57.5 Å². The van der Waals surface area contributed by atoms with Crippen LogP contribution >= 0.6 is 0 Å². The molecule has 1 saturated carbocycles. The molecule has 2 aromatic heterocycles. The largest absolute Gasteiger partial charge is 0.472 e. The van der Waals surface area contributed by atoms with Crippen LogP contribution in [-0.2, 0) is 4.74 Å². The second-order valence-corrected chi connectivity index (χ2v) is 7.97. The van der Waals surface area contributed by atoms with Crippen LogP contribution in [0.15, 0.2) is 12.4 Å². The molecule has 3 N–H and O–H groups in total. The molecule has 172 valence electrons. The molecule has 3 heterocycles. The van der Waals surface area contributed by atoms with Crippen LogP contribution in [0.4, 0.5) is 21.1 Å². The predicted octanol–water partition coefficient (Wildman–Crippen LogP) is 1.06. The van der Waals surface area contributed by atoms with Crippen molar-refractivity contribution in [1.29, 1.82) is 0 Å². The van der Waals surface area contributed by atoms with E-state index in [1.54, 1.807) is 19.0 Å². The third-order valence-electron chi connectivity index (χ3n) is 5.81. The molecule has 1 saturated heterocycles. The van der Waals surface area contributed by atoms with E-state index in [-0.39, 0.29) is 41.7 Å². The molecule has 1 aliphatic carbocycles. The van der Waals surface area contributed by atoms with Crippen molar-refractivity contribution >= 4 is 17.9 Å². The molecule has 2 fully saturated rings. The summed E-state index contributed by atoms with van der Waals surface area (Å²) in [4.78, 5) is 32.1. The Morgan fingerprint density at radius 1 is 1.34 bits per heavy atom. The number of rotatable bonds is 5. The zero-order valence-corrected chi connectivity index (χ0v) is 18.3. The van der Waals surface area contributed by atoms with Crippen molar-refractivity contribution in [3.63, 3.8) is 0 Å². The lowest BCUT2D eigenvalue weighted by Gasteiger charge is -2.40. The number of amides is 2. The van der Waals surface area contributed by atoms with Crippen molar-refractivity contribution < 1.29 is 18.7 Å². The van der Waals surface area contributed by atoms with E-state index in [2.05, 4.69) is 25.3 Å². The molecule has 0 spiro atoms. The number of morpholine rings is 1. The van der Waals surface area contributed by atoms with E-state index in [9.17, 15) is 4.79 Å². The summed E-state index contributed by atoms with van der Waals surface area (Å²) in [5, 5.41) is 2.59. The Balaban J connectivity index is 1.61. The summed E-state index contributed by atoms with van der Waals surface area (Å²) in [6, 6.07) is -0.128. The van der Waals surface area contributed by atoms with Crippen LogP contribution in [0.1, 0.15) is 19.8 Å². The molecule has 1 aliphatic heterocycles. The fraction of sp³-hybridized carbons (Fsp3) is 0.550. The number of hydrogen-bond donors (Lipinski definition) is 2. The number of nitrogens with one attached hydrogen (secondary N) is 1. The second-order valence-electron chi connectivity index (χ2n) is 7.97. The highest BCUT2D eigenvalue weighted by molar-refractivity contribution is 5.74. The summed E-state index contributed by atoms with van der Waals surface area (Å²) < 4.78 is 26.8. The Hall–Kier alpha value is -3.28. The molecular formula is C20H27FN8O3. The summed E-state index contributed by atoms with van der Waals surface area (Å²) in [5.41, 5.74) is 5.99. The average molecular weight is 446 g/mol. The minimum Gasteiger partial charge on any atom is -0.472 e. The van der Waals surface area contributed by atoms with Gasteiger partial charge in [-0.3, -0.25) is 0 Å². The third kappa shape index (κ3) is 4.35. The Morgan fingerprint density at radius 3 is 2.72 bits per heavy atom. The molecular weight excluding hydrogens is 419 g/mol. The highest BCUT2D eigenvalue weighted by atomic mass is 19.1. The zero-order valence-electron chi connectivity index (χ0n) is 18.3. The Bertz CT molecular complexity index is 970. The smallest absolute Gasteiger partial charge is 0.317 e. The first kappa shape index (κ1) is 21.9. The number of nitrogens with zero attached hydrogens (tertiary/aromatic N) is 6. The molecule has 0 bridgehead atoms. The van der Waals surface area contributed by atoms with Crippen LogP contribution in [0.2, 0.25) is 0 Å². The van der Waals surface area contributed by atoms with Crippen molar-refractivity contribution in [2.45, 2.75) is 38.0 Å². The monoisotopic (exact) mass is 446 g/mol. The summed E-state index contributed by atoms with van der Waals surface area (Å²) in [5.74, 6) is -0.387.